The molecule has 26 heavy (non-hydrogen) atoms. The molecule has 0 unspecified atom stereocenters. The molecule has 0 aromatic heterocycles. The molecule has 1 atom stereocenters. The van der Waals surface area contributed by atoms with E-state index in [0.717, 1.165) is 11.1 Å². The first-order valence-electron chi connectivity index (χ1n) is 8.68. The Balaban J connectivity index is 1.55. The smallest absolute Gasteiger partial charge is 0.254 e. The number of nitrogens with zero attached hydrogens (tertiary/aromatic N) is 1. The van der Waals surface area contributed by atoms with Gasteiger partial charge in [0.05, 0.1) is 13.2 Å². The molecule has 0 bridgehead atoms. The van der Waals surface area contributed by atoms with Gasteiger partial charge < -0.3 is 19.1 Å². The summed E-state index contributed by atoms with van der Waals surface area (Å²) in [7, 11) is 0. The van der Waals surface area contributed by atoms with E-state index in [1.807, 2.05) is 42.2 Å². The minimum Gasteiger partial charge on any atom is -0.486 e. The summed E-state index contributed by atoms with van der Waals surface area (Å²) in [4.78, 5) is 14.9. The lowest BCUT2D eigenvalue weighted by Crippen LogP contribution is -2.42. The lowest BCUT2D eigenvalue weighted by molar-refractivity contribution is -0.0228. The van der Waals surface area contributed by atoms with Crippen LogP contribution in [0.4, 0.5) is 0 Å². The Morgan fingerprint density at radius 3 is 2.50 bits per heavy atom. The highest BCUT2D eigenvalue weighted by atomic mass is 35.5. The van der Waals surface area contributed by atoms with Crippen molar-refractivity contribution in [1.29, 1.82) is 0 Å². The third kappa shape index (κ3) is 3.37. The minimum absolute atomic E-state index is 0.0123. The molecule has 1 amide bonds. The summed E-state index contributed by atoms with van der Waals surface area (Å²) in [6.45, 7) is 4.53. The molecule has 136 valence electrons. The second kappa shape index (κ2) is 7.17. The number of fused-ring (bicyclic) bond motifs is 1. The zero-order chi connectivity index (χ0) is 18.1. The Hall–Kier alpha value is -2.24. The molecular weight excluding hydrogens is 354 g/mol. The third-order valence-electron chi connectivity index (χ3n) is 4.72. The van der Waals surface area contributed by atoms with Crippen molar-refractivity contribution in [3.05, 3.63) is 58.1 Å². The maximum atomic E-state index is 13.1. The van der Waals surface area contributed by atoms with E-state index in [9.17, 15) is 4.79 Å². The summed E-state index contributed by atoms with van der Waals surface area (Å²) in [6.07, 6.45) is -0.150. The Morgan fingerprint density at radius 2 is 1.77 bits per heavy atom. The van der Waals surface area contributed by atoms with E-state index in [-0.39, 0.29) is 12.0 Å². The standard InChI is InChI=1S/C20H20ClNO4/c1-13-10-17-18(26-9-8-25-17)11-16(13)20(23)22-6-7-24-19(12-22)14-2-4-15(21)5-3-14/h2-5,10-11,19H,6-9,12H2,1H3/t19-/m0/s1. The molecule has 0 saturated carbocycles. The summed E-state index contributed by atoms with van der Waals surface area (Å²) in [6, 6.07) is 11.2. The molecule has 5 nitrogen and oxygen atoms in total. The van der Waals surface area contributed by atoms with Gasteiger partial charge in [0, 0.05) is 17.1 Å². The van der Waals surface area contributed by atoms with Crippen LogP contribution >= 0.6 is 11.6 Å². The van der Waals surface area contributed by atoms with Crippen LogP contribution in [0.3, 0.4) is 0 Å². The summed E-state index contributed by atoms with van der Waals surface area (Å²) < 4.78 is 17.1. The third-order valence-corrected chi connectivity index (χ3v) is 4.97. The Bertz CT molecular complexity index is 821. The predicted molar refractivity (Wildman–Crippen MR) is 98.2 cm³/mol. The van der Waals surface area contributed by atoms with Crippen LogP contribution in [0.15, 0.2) is 36.4 Å². The number of carbonyl (C=O) groups excluding carboxylic acids is 1. The Morgan fingerprint density at radius 1 is 1.08 bits per heavy atom. The first-order chi connectivity index (χ1) is 12.6. The lowest BCUT2D eigenvalue weighted by Gasteiger charge is -2.33. The molecule has 4 rings (SSSR count). The van der Waals surface area contributed by atoms with E-state index in [2.05, 4.69) is 0 Å². The van der Waals surface area contributed by atoms with Crippen LogP contribution in [0.2, 0.25) is 5.02 Å². The van der Waals surface area contributed by atoms with E-state index in [1.54, 1.807) is 6.07 Å². The number of halogens is 1. The van der Waals surface area contributed by atoms with Crippen LogP contribution in [0.5, 0.6) is 11.5 Å². The van der Waals surface area contributed by atoms with E-state index in [4.69, 9.17) is 25.8 Å². The molecule has 2 aliphatic heterocycles. The number of aryl methyl sites for hydroxylation is 1. The molecule has 0 spiro atoms. The first kappa shape index (κ1) is 17.2. The van der Waals surface area contributed by atoms with Crippen LogP contribution in [0.25, 0.3) is 0 Å². The zero-order valence-corrected chi connectivity index (χ0v) is 15.3. The van der Waals surface area contributed by atoms with Gasteiger partial charge in [-0.25, -0.2) is 0 Å². The zero-order valence-electron chi connectivity index (χ0n) is 14.5. The van der Waals surface area contributed by atoms with Crippen molar-refractivity contribution < 1.29 is 19.0 Å². The van der Waals surface area contributed by atoms with Crippen LogP contribution in [0, 0.1) is 6.92 Å². The summed E-state index contributed by atoms with van der Waals surface area (Å²) in [5.74, 6) is 1.32. The summed E-state index contributed by atoms with van der Waals surface area (Å²) in [5, 5.41) is 0.685. The number of benzene rings is 2. The number of amides is 1. The lowest BCUT2D eigenvalue weighted by atomic mass is 10.0. The second-order valence-electron chi connectivity index (χ2n) is 6.47. The highest BCUT2D eigenvalue weighted by Gasteiger charge is 2.28. The van der Waals surface area contributed by atoms with Crippen molar-refractivity contribution >= 4 is 17.5 Å². The van der Waals surface area contributed by atoms with Gasteiger partial charge in [0.1, 0.15) is 19.3 Å². The quantitative estimate of drug-likeness (QED) is 0.806. The number of hydrogen-bond acceptors (Lipinski definition) is 4. The van der Waals surface area contributed by atoms with Crippen molar-refractivity contribution in [3.63, 3.8) is 0 Å². The number of carbonyl (C=O) groups is 1. The number of rotatable bonds is 2. The van der Waals surface area contributed by atoms with E-state index < -0.39 is 0 Å². The van der Waals surface area contributed by atoms with E-state index in [1.165, 1.54) is 0 Å². The molecule has 0 radical (unpaired) electrons. The van der Waals surface area contributed by atoms with Gasteiger partial charge in [0.2, 0.25) is 0 Å². The van der Waals surface area contributed by atoms with Gasteiger partial charge >= 0.3 is 0 Å². The molecule has 1 saturated heterocycles. The van der Waals surface area contributed by atoms with Gasteiger partial charge in [-0.05, 0) is 42.3 Å². The van der Waals surface area contributed by atoms with Crippen LogP contribution in [0.1, 0.15) is 27.6 Å². The maximum absolute atomic E-state index is 13.1. The fourth-order valence-electron chi connectivity index (χ4n) is 3.30. The van der Waals surface area contributed by atoms with Crippen molar-refractivity contribution in [2.24, 2.45) is 0 Å². The average molecular weight is 374 g/mol. The minimum atomic E-state index is -0.150. The molecule has 2 aliphatic rings. The largest absolute Gasteiger partial charge is 0.486 e. The highest BCUT2D eigenvalue weighted by molar-refractivity contribution is 6.30. The van der Waals surface area contributed by atoms with Crippen molar-refractivity contribution in [2.45, 2.75) is 13.0 Å². The predicted octanol–water partition coefficient (Wildman–Crippen LogP) is 3.63. The fourth-order valence-corrected chi connectivity index (χ4v) is 3.43. The topological polar surface area (TPSA) is 48.0 Å². The number of hydrogen-bond donors (Lipinski definition) is 0. The van der Waals surface area contributed by atoms with Gasteiger partial charge in [-0.3, -0.25) is 4.79 Å². The number of morpholine rings is 1. The summed E-state index contributed by atoms with van der Waals surface area (Å²) >= 11 is 5.96. The van der Waals surface area contributed by atoms with Gasteiger partial charge in [-0.1, -0.05) is 23.7 Å². The molecule has 2 aromatic carbocycles. The molecule has 0 N–H and O–H groups in total. The molecule has 1 fully saturated rings. The Kier molecular flexibility index (Phi) is 4.74. The molecule has 0 aliphatic carbocycles. The van der Waals surface area contributed by atoms with E-state index >= 15 is 0 Å². The normalized spacial score (nSPS) is 19.3. The second-order valence-corrected chi connectivity index (χ2v) is 6.91. The van der Waals surface area contributed by atoms with Crippen LogP contribution in [-0.2, 0) is 4.74 Å². The van der Waals surface area contributed by atoms with Crippen LogP contribution in [-0.4, -0.2) is 43.7 Å². The van der Waals surface area contributed by atoms with Crippen molar-refractivity contribution in [3.8, 4) is 11.5 Å². The van der Waals surface area contributed by atoms with Gasteiger partial charge in [-0.15, -0.1) is 0 Å². The van der Waals surface area contributed by atoms with Gasteiger partial charge in [0.15, 0.2) is 11.5 Å². The monoisotopic (exact) mass is 373 g/mol. The maximum Gasteiger partial charge on any atom is 0.254 e. The van der Waals surface area contributed by atoms with Crippen molar-refractivity contribution in [1.82, 2.24) is 4.90 Å². The molecular formula is C20H20ClNO4. The van der Waals surface area contributed by atoms with E-state index in [0.29, 0.717) is 55.0 Å². The fraction of sp³-hybridized carbons (Fsp3) is 0.350. The highest BCUT2D eigenvalue weighted by Crippen LogP contribution is 2.34. The van der Waals surface area contributed by atoms with Gasteiger partial charge in [-0.2, -0.15) is 0 Å². The molecule has 6 heteroatoms. The molecule has 2 heterocycles. The Labute approximate surface area is 157 Å². The number of ether oxygens (including phenoxy) is 3. The first-order valence-corrected chi connectivity index (χ1v) is 9.06. The molecule has 2 aromatic rings. The van der Waals surface area contributed by atoms with Crippen molar-refractivity contribution in [2.75, 3.05) is 32.9 Å². The SMILES string of the molecule is Cc1cc2c(cc1C(=O)N1CCO[C@H](c3ccc(Cl)cc3)C1)OCCO2. The average Bonchev–Trinajstić information content (AvgIpc) is 2.67. The van der Waals surface area contributed by atoms with Gasteiger partial charge in [0.25, 0.3) is 5.91 Å². The van der Waals surface area contributed by atoms with Crippen LogP contribution < -0.4 is 9.47 Å². The summed E-state index contributed by atoms with van der Waals surface area (Å²) in [5.41, 5.74) is 2.55.